The first-order valence-electron chi connectivity index (χ1n) is 7.74. The van der Waals surface area contributed by atoms with Gasteiger partial charge in [-0.1, -0.05) is 19.1 Å². The predicted octanol–water partition coefficient (Wildman–Crippen LogP) is 2.47. The van der Waals surface area contributed by atoms with Crippen molar-refractivity contribution < 1.29 is 17.9 Å². The fourth-order valence-electron chi connectivity index (χ4n) is 2.06. The lowest BCUT2D eigenvalue weighted by molar-refractivity contribution is -0.116. The molecule has 0 aliphatic heterocycles. The number of carbonyl (C=O) groups is 1. The first-order chi connectivity index (χ1) is 10.7. The third-order valence-electron chi connectivity index (χ3n) is 3.05. The van der Waals surface area contributed by atoms with E-state index in [1.165, 1.54) is 4.31 Å². The van der Waals surface area contributed by atoms with Crippen molar-refractivity contribution in [3.8, 4) is 5.75 Å². The van der Waals surface area contributed by atoms with Crippen molar-refractivity contribution in [3.05, 3.63) is 24.3 Å². The molecule has 0 atom stereocenters. The van der Waals surface area contributed by atoms with Gasteiger partial charge >= 0.3 is 0 Å². The molecule has 0 heterocycles. The predicted molar refractivity (Wildman–Crippen MR) is 92.2 cm³/mol. The summed E-state index contributed by atoms with van der Waals surface area (Å²) in [5.74, 6) is 0.360. The molecule has 0 unspecified atom stereocenters. The lowest BCUT2D eigenvalue weighted by atomic mass is 10.2. The molecule has 0 aromatic heterocycles. The zero-order valence-electron chi connectivity index (χ0n) is 14.2. The van der Waals surface area contributed by atoms with Crippen molar-refractivity contribution in [2.24, 2.45) is 0 Å². The Morgan fingerprint density at radius 1 is 1.26 bits per heavy atom. The van der Waals surface area contributed by atoms with E-state index >= 15 is 0 Å². The number of para-hydroxylation sites is 2. The first-order valence-corrected chi connectivity index (χ1v) is 9.59. The molecule has 0 fully saturated rings. The Balaban J connectivity index is 2.67. The van der Waals surface area contributed by atoms with Gasteiger partial charge in [-0.15, -0.1) is 0 Å². The molecule has 1 amide bonds. The number of nitrogens with one attached hydrogen (secondary N) is 1. The maximum Gasteiger partial charge on any atom is 0.225 e. The average Bonchev–Trinajstić information content (AvgIpc) is 2.43. The van der Waals surface area contributed by atoms with Crippen molar-refractivity contribution in [2.75, 3.05) is 24.7 Å². The number of anilines is 1. The molecule has 0 spiro atoms. The van der Waals surface area contributed by atoms with E-state index in [2.05, 4.69) is 5.32 Å². The fraction of sp³-hybridized carbons (Fsp3) is 0.562. The van der Waals surface area contributed by atoms with Gasteiger partial charge < -0.3 is 10.1 Å². The maximum absolute atomic E-state index is 12.1. The number of amides is 1. The molecule has 7 heteroatoms. The highest BCUT2D eigenvalue weighted by Crippen LogP contribution is 2.24. The quantitative estimate of drug-likeness (QED) is 0.748. The van der Waals surface area contributed by atoms with Crippen LogP contribution < -0.4 is 10.1 Å². The summed E-state index contributed by atoms with van der Waals surface area (Å²) in [6.07, 6.45) is 1.97. The van der Waals surface area contributed by atoms with Crippen molar-refractivity contribution in [1.82, 2.24) is 4.31 Å². The van der Waals surface area contributed by atoms with E-state index in [4.69, 9.17) is 4.74 Å². The molecule has 1 N–H and O–H groups in total. The van der Waals surface area contributed by atoms with Gasteiger partial charge in [0, 0.05) is 19.5 Å². The number of ether oxygens (including phenoxy) is 1. The Bertz CT molecular complexity index is 614. The number of carbonyl (C=O) groups excluding carboxylic acids is 1. The molecular formula is C16H26N2O4S. The van der Waals surface area contributed by atoms with E-state index in [1.54, 1.807) is 12.1 Å². The standard InChI is InChI=1S/C16H26N2O4S/c1-5-11-18(23(4,20)21)12-10-16(19)17-14-8-6-7-9-15(14)22-13(2)3/h6-9,13H,5,10-12H2,1-4H3,(H,17,19). The molecule has 130 valence electrons. The number of benzene rings is 1. The van der Waals surface area contributed by atoms with Crippen LogP contribution in [0.15, 0.2) is 24.3 Å². The number of hydrogen-bond donors (Lipinski definition) is 1. The third-order valence-corrected chi connectivity index (χ3v) is 4.36. The van der Waals surface area contributed by atoms with Crippen LogP contribution in [-0.4, -0.2) is 44.1 Å². The summed E-state index contributed by atoms with van der Waals surface area (Å²) >= 11 is 0. The molecule has 6 nitrogen and oxygen atoms in total. The molecule has 1 aromatic carbocycles. The monoisotopic (exact) mass is 342 g/mol. The molecule has 0 radical (unpaired) electrons. The van der Waals surface area contributed by atoms with Gasteiger partial charge in [-0.25, -0.2) is 12.7 Å². The van der Waals surface area contributed by atoms with Gasteiger partial charge in [-0.3, -0.25) is 4.79 Å². The van der Waals surface area contributed by atoms with E-state index in [0.717, 1.165) is 6.26 Å². The minimum atomic E-state index is -3.29. The number of rotatable bonds is 9. The van der Waals surface area contributed by atoms with Gasteiger partial charge in [-0.2, -0.15) is 0 Å². The normalized spacial score (nSPS) is 11.7. The van der Waals surface area contributed by atoms with Crippen LogP contribution in [0.1, 0.15) is 33.6 Å². The third kappa shape index (κ3) is 7.00. The summed E-state index contributed by atoms with van der Waals surface area (Å²) in [4.78, 5) is 12.1. The number of sulfonamides is 1. The second kappa shape index (κ2) is 8.88. The van der Waals surface area contributed by atoms with Gasteiger partial charge in [0.15, 0.2) is 0 Å². The van der Waals surface area contributed by atoms with Crippen LogP contribution in [0.4, 0.5) is 5.69 Å². The number of nitrogens with zero attached hydrogens (tertiary/aromatic N) is 1. The molecule has 1 aromatic rings. The van der Waals surface area contributed by atoms with Crippen LogP contribution in [0.25, 0.3) is 0 Å². The van der Waals surface area contributed by atoms with Crippen LogP contribution in [-0.2, 0) is 14.8 Å². The second-order valence-corrected chi connectivity index (χ2v) is 7.61. The maximum atomic E-state index is 12.1. The van der Waals surface area contributed by atoms with Gasteiger partial charge in [0.1, 0.15) is 5.75 Å². The zero-order valence-corrected chi connectivity index (χ0v) is 15.0. The van der Waals surface area contributed by atoms with E-state index in [9.17, 15) is 13.2 Å². The van der Waals surface area contributed by atoms with Crippen LogP contribution in [0.5, 0.6) is 5.75 Å². The Kier molecular flexibility index (Phi) is 7.51. The molecule has 23 heavy (non-hydrogen) atoms. The molecule has 0 saturated carbocycles. The minimum Gasteiger partial charge on any atom is -0.489 e. The van der Waals surface area contributed by atoms with Crippen LogP contribution >= 0.6 is 0 Å². The Morgan fingerprint density at radius 2 is 1.91 bits per heavy atom. The summed E-state index contributed by atoms with van der Waals surface area (Å²) in [6, 6.07) is 7.19. The van der Waals surface area contributed by atoms with Crippen LogP contribution in [0.2, 0.25) is 0 Å². The summed E-state index contributed by atoms with van der Waals surface area (Å²) < 4.78 is 30.2. The highest BCUT2D eigenvalue weighted by molar-refractivity contribution is 7.88. The Labute approximate surface area is 138 Å². The van der Waals surface area contributed by atoms with E-state index in [0.29, 0.717) is 24.4 Å². The second-order valence-electron chi connectivity index (χ2n) is 5.62. The summed E-state index contributed by atoms with van der Waals surface area (Å²) in [5, 5.41) is 2.78. The highest BCUT2D eigenvalue weighted by atomic mass is 32.2. The van der Waals surface area contributed by atoms with Crippen molar-refractivity contribution in [1.29, 1.82) is 0 Å². The van der Waals surface area contributed by atoms with Gasteiger partial charge in [0.05, 0.1) is 18.0 Å². The van der Waals surface area contributed by atoms with Gasteiger partial charge in [0.25, 0.3) is 0 Å². The molecular weight excluding hydrogens is 316 g/mol. The van der Waals surface area contributed by atoms with Crippen molar-refractivity contribution in [2.45, 2.75) is 39.7 Å². The van der Waals surface area contributed by atoms with Crippen molar-refractivity contribution in [3.63, 3.8) is 0 Å². The summed E-state index contributed by atoms with van der Waals surface area (Å²) in [6.45, 7) is 6.31. The van der Waals surface area contributed by atoms with Crippen molar-refractivity contribution >= 4 is 21.6 Å². The average molecular weight is 342 g/mol. The van der Waals surface area contributed by atoms with Crippen LogP contribution in [0.3, 0.4) is 0 Å². The molecule has 1 rings (SSSR count). The Hall–Kier alpha value is -1.60. The Morgan fingerprint density at radius 3 is 2.48 bits per heavy atom. The van der Waals surface area contributed by atoms with E-state index in [1.807, 2.05) is 32.9 Å². The smallest absolute Gasteiger partial charge is 0.225 e. The highest BCUT2D eigenvalue weighted by Gasteiger charge is 2.17. The first kappa shape index (κ1) is 19.4. The molecule has 0 bridgehead atoms. The number of hydrogen-bond acceptors (Lipinski definition) is 4. The minimum absolute atomic E-state index is 0.00154. The summed E-state index contributed by atoms with van der Waals surface area (Å²) in [7, 11) is -3.29. The molecule has 0 aliphatic carbocycles. The van der Waals surface area contributed by atoms with E-state index in [-0.39, 0.29) is 25.0 Å². The van der Waals surface area contributed by atoms with Gasteiger partial charge in [-0.05, 0) is 32.4 Å². The fourth-order valence-corrected chi connectivity index (χ4v) is 3.00. The zero-order chi connectivity index (χ0) is 17.5. The summed E-state index contributed by atoms with van der Waals surface area (Å²) in [5.41, 5.74) is 0.590. The molecule has 0 saturated heterocycles. The lowest BCUT2D eigenvalue weighted by Crippen LogP contribution is -2.33. The molecule has 0 aliphatic rings. The largest absolute Gasteiger partial charge is 0.489 e. The van der Waals surface area contributed by atoms with Crippen LogP contribution in [0, 0.1) is 0 Å². The van der Waals surface area contributed by atoms with E-state index < -0.39 is 10.0 Å². The van der Waals surface area contributed by atoms with Gasteiger partial charge in [0.2, 0.25) is 15.9 Å². The SMILES string of the molecule is CCCN(CCC(=O)Nc1ccccc1OC(C)C)S(C)(=O)=O. The lowest BCUT2D eigenvalue weighted by Gasteiger charge is -2.19. The topological polar surface area (TPSA) is 75.7 Å².